The summed E-state index contributed by atoms with van der Waals surface area (Å²) in [4.78, 5) is 21.6. The van der Waals surface area contributed by atoms with E-state index in [0.717, 1.165) is 44.6 Å². The number of carbonyl (C=O) groups is 1. The fraction of sp³-hybridized carbons (Fsp3) is 0.571. The summed E-state index contributed by atoms with van der Waals surface area (Å²) in [6.07, 6.45) is 5.84. The van der Waals surface area contributed by atoms with E-state index in [1.807, 2.05) is 24.3 Å². The molecule has 0 N–H and O–H groups in total. The van der Waals surface area contributed by atoms with Gasteiger partial charge >= 0.3 is 0 Å². The number of hydrogen-bond acceptors (Lipinski definition) is 5. The van der Waals surface area contributed by atoms with E-state index in [9.17, 15) is 4.79 Å². The van der Waals surface area contributed by atoms with Crippen molar-refractivity contribution in [3.05, 3.63) is 35.7 Å². The molecule has 27 heavy (non-hydrogen) atoms. The average molecular weight is 368 g/mol. The van der Waals surface area contributed by atoms with Crippen LogP contribution in [0.4, 0.5) is 0 Å². The van der Waals surface area contributed by atoms with Crippen molar-refractivity contribution in [2.45, 2.75) is 45.6 Å². The maximum atomic E-state index is 12.7. The van der Waals surface area contributed by atoms with Crippen LogP contribution in [0, 0.1) is 12.8 Å². The quantitative estimate of drug-likeness (QED) is 0.829. The zero-order valence-electron chi connectivity index (χ0n) is 16.1. The van der Waals surface area contributed by atoms with Gasteiger partial charge in [-0.15, -0.1) is 0 Å². The third-order valence-electron chi connectivity index (χ3n) is 5.77. The summed E-state index contributed by atoms with van der Waals surface area (Å²) in [7, 11) is 0. The summed E-state index contributed by atoms with van der Waals surface area (Å²) in [6.45, 7) is 6.07. The van der Waals surface area contributed by atoms with Gasteiger partial charge in [0.25, 0.3) is 5.89 Å². The number of nitrogens with zero attached hydrogens (tertiary/aromatic N) is 4. The highest BCUT2D eigenvalue weighted by Gasteiger charge is 2.28. The standard InChI is InChI=1S/C21H28N4O2/c1-16-7-9-17(10-8-16)20-22-19(23-27-20)15-24-11-13-25(14-12-24)21(26)18-5-3-2-4-6-18/h7-10,18H,2-6,11-15H2,1H3. The van der Waals surface area contributed by atoms with Gasteiger partial charge in [-0.2, -0.15) is 4.98 Å². The minimum atomic E-state index is 0.263. The van der Waals surface area contributed by atoms with Gasteiger partial charge in [0.05, 0.1) is 6.54 Å². The smallest absolute Gasteiger partial charge is 0.257 e. The topological polar surface area (TPSA) is 62.5 Å². The van der Waals surface area contributed by atoms with Crippen LogP contribution in [0.25, 0.3) is 11.5 Å². The van der Waals surface area contributed by atoms with Crippen LogP contribution in [0.5, 0.6) is 0 Å². The van der Waals surface area contributed by atoms with Crippen LogP contribution >= 0.6 is 0 Å². The molecule has 144 valence electrons. The second-order valence-electron chi connectivity index (χ2n) is 7.82. The van der Waals surface area contributed by atoms with E-state index in [0.29, 0.717) is 24.2 Å². The average Bonchev–Trinajstić information content (AvgIpc) is 3.18. The zero-order chi connectivity index (χ0) is 18.6. The Morgan fingerprint density at radius 1 is 1.07 bits per heavy atom. The monoisotopic (exact) mass is 368 g/mol. The maximum Gasteiger partial charge on any atom is 0.257 e. The summed E-state index contributed by atoms with van der Waals surface area (Å²) in [6, 6.07) is 8.09. The van der Waals surface area contributed by atoms with E-state index in [4.69, 9.17) is 4.52 Å². The first kappa shape index (κ1) is 18.2. The minimum absolute atomic E-state index is 0.263. The second kappa shape index (κ2) is 8.21. The summed E-state index contributed by atoms with van der Waals surface area (Å²) >= 11 is 0. The van der Waals surface area contributed by atoms with Gasteiger partial charge in [0, 0.05) is 37.7 Å². The summed E-state index contributed by atoms with van der Waals surface area (Å²) in [5, 5.41) is 4.13. The van der Waals surface area contributed by atoms with E-state index in [1.165, 1.54) is 24.8 Å². The SMILES string of the molecule is Cc1ccc(-c2nc(CN3CCN(C(=O)C4CCCCC4)CC3)no2)cc1. The molecule has 0 unspecified atom stereocenters. The van der Waals surface area contributed by atoms with Crippen LogP contribution in [0.15, 0.2) is 28.8 Å². The van der Waals surface area contributed by atoms with Gasteiger partial charge in [-0.3, -0.25) is 9.69 Å². The van der Waals surface area contributed by atoms with E-state index >= 15 is 0 Å². The van der Waals surface area contributed by atoms with Gasteiger partial charge in [-0.25, -0.2) is 0 Å². The first-order chi connectivity index (χ1) is 13.2. The predicted octanol–water partition coefficient (Wildman–Crippen LogP) is 3.27. The molecule has 1 saturated carbocycles. The Labute approximate surface area is 160 Å². The maximum absolute atomic E-state index is 12.7. The van der Waals surface area contributed by atoms with Crippen LogP contribution in [0.2, 0.25) is 0 Å². The lowest BCUT2D eigenvalue weighted by Gasteiger charge is -2.36. The summed E-state index contributed by atoms with van der Waals surface area (Å²) in [5.74, 6) is 1.91. The lowest BCUT2D eigenvalue weighted by Crippen LogP contribution is -2.50. The van der Waals surface area contributed by atoms with Crippen molar-refractivity contribution in [1.82, 2.24) is 19.9 Å². The highest BCUT2D eigenvalue weighted by molar-refractivity contribution is 5.79. The number of hydrogen-bond donors (Lipinski definition) is 0. The van der Waals surface area contributed by atoms with Crippen molar-refractivity contribution in [2.75, 3.05) is 26.2 Å². The Morgan fingerprint density at radius 3 is 2.48 bits per heavy atom. The van der Waals surface area contributed by atoms with Gasteiger partial charge < -0.3 is 9.42 Å². The molecule has 1 aromatic heterocycles. The minimum Gasteiger partial charge on any atom is -0.340 e. The van der Waals surface area contributed by atoms with Crippen LogP contribution in [-0.2, 0) is 11.3 Å². The van der Waals surface area contributed by atoms with Gasteiger partial charge in [0.2, 0.25) is 5.91 Å². The van der Waals surface area contributed by atoms with E-state index in [1.54, 1.807) is 0 Å². The van der Waals surface area contributed by atoms with E-state index in [-0.39, 0.29) is 5.92 Å². The Hall–Kier alpha value is -2.21. The zero-order valence-corrected chi connectivity index (χ0v) is 16.1. The van der Waals surface area contributed by atoms with Gasteiger partial charge in [-0.1, -0.05) is 42.1 Å². The van der Waals surface area contributed by atoms with Gasteiger partial charge in [0.1, 0.15) is 0 Å². The first-order valence-corrected chi connectivity index (χ1v) is 10.1. The summed E-state index contributed by atoms with van der Waals surface area (Å²) in [5.41, 5.74) is 2.15. The Morgan fingerprint density at radius 2 is 1.78 bits per heavy atom. The van der Waals surface area contributed by atoms with Crippen molar-refractivity contribution in [1.29, 1.82) is 0 Å². The molecule has 2 fully saturated rings. The number of amides is 1. The Bertz CT molecular complexity index is 757. The molecule has 2 aliphatic rings. The molecule has 4 rings (SSSR count). The molecule has 1 saturated heterocycles. The van der Waals surface area contributed by atoms with Crippen LogP contribution in [0.3, 0.4) is 0 Å². The van der Waals surface area contributed by atoms with Crippen LogP contribution in [-0.4, -0.2) is 52.0 Å². The lowest BCUT2D eigenvalue weighted by molar-refractivity contribution is -0.138. The van der Waals surface area contributed by atoms with Gasteiger partial charge in [0.15, 0.2) is 5.82 Å². The molecule has 0 atom stereocenters. The molecule has 1 amide bonds. The van der Waals surface area contributed by atoms with Crippen LogP contribution in [0.1, 0.15) is 43.5 Å². The third kappa shape index (κ3) is 4.38. The molecule has 0 spiro atoms. The number of aryl methyl sites for hydroxylation is 1. The Kier molecular flexibility index (Phi) is 5.53. The lowest BCUT2D eigenvalue weighted by atomic mass is 9.88. The fourth-order valence-electron chi connectivity index (χ4n) is 4.07. The molecule has 6 heteroatoms. The van der Waals surface area contributed by atoms with Crippen LogP contribution < -0.4 is 0 Å². The van der Waals surface area contributed by atoms with Crippen molar-refractivity contribution in [3.8, 4) is 11.5 Å². The highest BCUT2D eigenvalue weighted by atomic mass is 16.5. The number of rotatable bonds is 4. The molecular formula is C21H28N4O2. The largest absolute Gasteiger partial charge is 0.340 e. The van der Waals surface area contributed by atoms with E-state index in [2.05, 4.69) is 26.9 Å². The number of carbonyl (C=O) groups excluding carboxylic acids is 1. The first-order valence-electron chi connectivity index (χ1n) is 10.1. The molecule has 1 aliphatic heterocycles. The van der Waals surface area contributed by atoms with Crippen molar-refractivity contribution >= 4 is 5.91 Å². The number of aromatic nitrogens is 2. The van der Waals surface area contributed by atoms with Gasteiger partial charge in [-0.05, 0) is 31.9 Å². The van der Waals surface area contributed by atoms with Crippen molar-refractivity contribution in [3.63, 3.8) is 0 Å². The number of piperazine rings is 1. The molecule has 2 heterocycles. The normalized spacial score (nSPS) is 19.4. The molecule has 1 aromatic carbocycles. The van der Waals surface area contributed by atoms with E-state index < -0.39 is 0 Å². The van der Waals surface area contributed by atoms with Crippen molar-refractivity contribution < 1.29 is 9.32 Å². The second-order valence-corrected chi connectivity index (χ2v) is 7.82. The number of benzene rings is 1. The molecule has 6 nitrogen and oxygen atoms in total. The third-order valence-corrected chi connectivity index (χ3v) is 5.77. The molecular weight excluding hydrogens is 340 g/mol. The van der Waals surface area contributed by atoms with Crippen molar-refractivity contribution in [2.24, 2.45) is 5.92 Å². The molecule has 1 aliphatic carbocycles. The molecule has 2 aromatic rings. The highest BCUT2D eigenvalue weighted by Crippen LogP contribution is 2.26. The fourth-order valence-corrected chi connectivity index (χ4v) is 4.07. The molecule has 0 radical (unpaired) electrons. The molecule has 0 bridgehead atoms. The predicted molar refractivity (Wildman–Crippen MR) is 103 cm³/mol. The Balaban J connectivity index is 1.29. The summed E-state index contributed by atoms with van der Waals surface area (Å²) < 4.78 is 5.42.